The van der Waals surface area contributed by atoms with Gasteiger partial charge in [-0.3, -0.25) is 0 Å². The van der Waals surface area contributed by atoms with Gasteiger partial charge in [-0.1, -0.05) is 6.42 Å². The number of nitrogens with two attached hydrogens (primary N) is 1. The lowest BCUT2D eigenvalue weighted by Crippen LogP contribution is -2.19. The molecule has 3 heteroatoms. The summed E-state index contributed by atoms with van der Waals surface area (Å²) in [7, 11) is 0. The lowest BCUT2D eigenvalue weighted by molar-refractivity contribution is 0.193. The highest BCUT2D eigenvalue weighted by Crippen LogP contribution is 2.48. The average molecular weight is 263 g/mol. The molecular formula is C16H22FNO. The van der Waals surface area contributed by atoms with Crippen LogP contribution in [0.3, 0.4) is 0 Å². The predicted molar refractivity (Wildman–Crippen MR) is 73.4 cm³/mol. The fourth-order valence-electron chi connectivity index (χ4n) is 3.78. The summed E-state index contributed by atoms with van der Waals surface area (Å²) in [6.45, 7) is 2.62. The van der Waals surface area contributed by atoms with Crippen LogP contribution in [-0.2, 0) is 0 Å². The van der Waals surface area contributed by atoms with Crippen molar-refractivity contribution in [1.82, 2.24) is 0 Å². The van der Waals surface area contributed by atoms with E-state index in [4.69, 9.17) is 10.5 Å². The zero-order valence-corrected chi connectivity index (χ0v) is 11.4. The first kappa shape index (κ1) is 12.9. The summed E-state index contributed by atoms with van der Waals surface area (Å²) >= 11 is 0. The van der Waals surface area contributed by atoms with Crippen LogP contribution in [0.5, 0.6) is 5.75 Å². The first-order chi connectivity index (χ1) is 9.13. The summed E-state index contributed by atoms with van der Waals surface area (Å²) in [5, 5.41) is 0. The Morgan fingerprint density at radius 3 is 2.84 bits per heavy atom. The van der Waals surface area contributed by atoms with Gasteiger partial charge in [-0.15, -0.1) is 0 Å². The molecule has 0 aromatic heterocycles. The van der Waals surface area contributed by atoms with E-state index < -0.39 is 0 Å². The van der Waals surface area contributed by atoms with Crippen LogP contribution in [0.25, 0.3) is 0 Å². The molecule has 2 N–H and O–H groups in total. The van der Waals surface area contributed by atoms with Crippen molar-refractivity contribution in [3.63, 3.8) is 0 Å². The molecule has 2 aliphatic carbocycles. The second-order valence-corrected chi connectivity index (χ2v) is 6.22. The van der Waals surface area contributed by atoms with Crippen molar-refractivity contribution in [3.8, 4) is 5.75 Å². The van der Waals surface area contributed by atoms with Crippen molar-refractivity contribution >= 4 is 0 Å². The van der Waals surface area contributed by atoms with E-state index >= 15 is 0 Å². The van der Waals surface area contributed by atoms with E-state index in [0.29, 0.717) is 5.92 Å². The highest BCUT2D eigenvalue weighted by atomic mass is 19.1. The first-order valence-corrected chi connectivity index (χ1v) is 7.31. The number of rotatable bonds is 4. The minimum Gasteiger partial charge on any atom is -0.493 e. The van der Waals surface area contributed by atoms with Gasteiger partial charge < -0.3 is 10.5 Å². The molecule has 2 aliphatic rings. The summed E-state index contributed by atoms with van der Waals surface area (Å²) in [4.78, 5) is 0. The molecule has 0 radical (unpaired) electrons. The SMILES string of the molecule is CC(N)c1cc(F)ccc1OCC1CC2CCC1C2. The normalized spacial score (nSPS) is 30.6. The van der Waals surface area contributed by atoms with Gasteiger partial charge in [0.25, 0.3) is 0 Å². The van der Waals surface area contributed by atoms with Gasteiger partial charge in [0.2, 0.25) is 0 Å². The fourth-order valence-corrected chi connectivity index (χ4v) is 3.78. The maximum absolute atomic E-state index is 13.3. The number of hydrogen-bond donors (Lipinski definition) is 1. The first-order valence-electron chi connectivity index (χ1n) is 7.31. The van der Waals surface area contributed by atoms with Gasteiger partial charge in [-0.25, -0.2) is 4.39 Å². The van der Waals surface area contributed by atoms with Crippen molar-refractivity contribution in [3.05, 3.63) is 29.6 Å². The molecule has 4 unspecified atom stereocenters. The summed E-state index contributed by atoms with van der Waals surface area (Å²) < 4.78 is 19.2. The Hall–Kier alpha value is -1.09. The summed E-state index contributed by atoms with van der Waals surface area (Å²) in [5.41, 5.74) is 6.65. The van der Waals surface area contributed by atoms with Crippen LogP contribution in [0, 0.1) is 23.6 Å². The van der Waals surface area contributed by atoms with Crippen LogP contribution in [0.15, 0.2) is 18.2 Å². The third-order valence-corrected chi connectivity index (χ3v) is 4.80. The third-order valence-electron chi connectivity index (χ3n) is 4.80. The Morgan fingerprint density at radius 1 is 1.37 bits per heavy atom. The van der Waals surface area contributed by atoms with Gasteiger partial charge in [0, 0.05) is 11.6 Å². The lowest BCUT2D eigenvalue weighted by atomic mass is 9.89. The molecule has 0 saturated heterocycles. The molecule has 2 nitrogen and oxygen atoms in total. The molecule has 104 valence electrons. The minimum absolute atomic E-state index is 0.203. The third kappa shape index (κ3) is 2.62. The van der Waals surface area contributed by atoms with Crippen LogP contribution in [-0.4, -0.2) is 6.61 Å². The molecule has 2 bridgehead atoms. The summed E-state index contributed by atoms with van der Waals surface area (Å²) in [5.74, 6) is 2.97. The summed E-state index contributed by atoms with van der Waals surface area (Å²) in [6.07, 6.45) is 5.46. The van der Waals surface area contributed by atoms with E-state index in [2.05, 4.69) is 0 Å². The Bertz CT molecular complexity index is 460. The number of fused-ring (bicyclic) bond motifs is 2. The maximum atomic E-state index is 13.3. The quantitative estimate of drug-likeness (QED) is 0.899. The molecule has 4 atom stereocenters. The highest BCUT2D eigenvalue weighted by Gasteiger charge is 2.39. The Balaban J connectivity index is 1.66. The highest BCUT2D eigenvalue weighted by molar-refractivity contribution is 5.36. The fraction of sp³-hybridized carbons (Fsp3) is 0.625. The minimum atomic E-state index is -0.250. The molecule has 2 saturated carbocycles. The van der Waals surface area contributed by atoms with Crippen LogP contribution < -0.4 is 10.5 Å². The maximum Gasteiger partial charge on any atom is 0.124 e. The van der Waals surface area contributed by atoms with E-state index in [9.17, 15) is 4.39 Å². The van der Waals surface area contributed by atoms with Crippen molar-refractivity contribution in [2.75, 3.05) is 6.61 Å². The van der Waals surface area contributed by atoms with E-state index in [1.807, 2.05) is 6.92 Å². The predicted octanol–water partition coefficient (Wildman–Crippen LogP) is 3.66. The van der Waals surface area contributed by atoms with Gasteiger partial charge in [-0.2, -0.15) is 0 Å². The monoisotopic (exact) mass is 263 g/mol. The van der Waals surface area contributed by atoms with E-state index in [-0.39, 0.29) is 11.9 Å². The van der Waals surface area contributed by atoms with E-state index in [1.165, 1.54) is 37.8 Å². The van der Waals surface area contributed by atoms with Gasteiger partial charge in [0.1, 0.15) is 11.6 Å². The smallest absolute Gasteiger partial charge is 0.124 e. The van der Waals surface area contributed by atoms with Crippen LogP contribution in [0.2, 0.25) is 0 Å². The second-order valence-electron chi connectivity index (χ2n) is 6.22. The van der Waals surface area contributed by atoms with Crippen LogP contribution >= 0.6 is 0 Å². The number of hydrogen-bond acceptors (Lipinski definition) is 2. The lowest BCUT2D eigenvalue weighted by Gasteiger charge is -2.23. The van der Waals surface area contributed by atoms with Crippen LogP contribution in [0.4, 0.5) is 4.39 Å². The van der Waals surface area contributed by atoms with Crippen molar-refractivity contribution in [1.29, 1.82) is 0 Å². The van der Waals surface area contributed by atoms with E-state index in [1.54, 1.807) is 6.07 Å². The molecule has 19 heavy (non-hydrogen) atoms. The topological polar surface area (TPSA) is 35.2 Å². The molecule has 0 spiro atoms. The molecule has 0 aliphatic heterocycles. The molecule has 2 fully saturated rings. The molecular weight excluding hydrogens is 241 g/mol. The molecule has 0 heterocycles. The Kier molecular flexibility index (Phi) is 3.48. The van der Waals surface area contributed by atoms with Crippen molar-refractivity contribution < 1.29 is 9.13 Å². The number of benzene rings is 1. The summed E-state index contributed by atoms with van der Waals surface area (Å²) in [6, 6.07) is 4.44. The zero-order chi connectivity index (χ0) is 13.4. The van der Waals surface area contributed by atoms with Crippen LogP contribution in [0.1, 0.15) is 44.2 Å². The molecule has 1 aromatic rings. The molecule has 3 rings (SSSR count). The standard InChI is InChI=1S/C16H22FNO/c1-10(18)15-8-14(17)4-5-16(15)19-9-13-7-11-2-3-12(13)6-11/h4-5,8,10-13H,2-3,6-7,9,18H2,1H3. The number of ether oxygens (including phenoxy) is 1. The Labute approximate surface area is 114 Å². The van der Waals surface area contributed by atoms with Gasteiger partial charge in [0.15, 0.2) is 0 Å². The van der Waals surface area contributed by atoms with Crippen molar-refractivity contribution in [2.45, 2.75) is 38.6 Å². The van der Waals surface area contributed by atoms with Gasteiger partial charge >= 0.3 is 0 Å². The van der Waals surface area contributed by atoms with Gasteiger partial charge in [-0.05, 0) is 62.1 Å². The zero-order valence-electron chi connectivity index (χ0n) is 11.4. The average Bonchev–Trinajstić information content (AvgIpc) is 2.99. The Morgan fingerprint density at radius 2 is 2.21 bits per heavy atom. The largest absolute Gasteiger partial charge is 0.493 e. The second kappa shape index (κ2) is 5.12. The number of halogens is 1. The van der Waals surface area contributed by atoms with E-state index in [0.717, 1.165) is 29.8 Å². The van der Waals surface area contributed by atoms with Gasteiger partial charge in [0.05, 0.1) is 6.61 Å². The molecule has 1 aromatic carbocycles. The van der Waals surface area contributed by atoms with Crippen molar-refractivity contribution in [2.24, 2.45) is 23.5 Å². The molecule has 0 amide bonds.